The number of fused-ring (bicyclic) bond motifs is 1. The number of unbranched alkanes of at least 4 members (excludes halogenated alkanes) is 1. The van der Waals surface area contributed by atoms with E-state index in [1.165, 1.54) is 24.1 Å². The number of nitrogens with zero attached hydrogens (tertiary/aromatic N) is 7. The van der Waals surface area contributed by atoms with E-state index in [9.17, 15) is 0 Å². The molecular weight excluding hydrogens is 554 g/mol. The van der Waals surface area contributed by atoms with E-state index in [2.05, 4.69) is 80.6 Å². The number of aryl methyl sites for hydroxylation is 3. The molecule has 5 aromatic rings. The molecule has 0 aliphatic carbocycles. The van der Waals surface area contributed by atoms with Crippen LogP contribution in [0.4, 0.5) is 39.8 Å². The molecule has 0 aliphatic rings. The van der Waals surface area contributed by atoms with Gasteiger partial charge in [-0.1, -0.05) is 49.7 Å². The summed E-state index contributed by atoms with van der Waals surface area (Å²) in [5.41, 5.74) is 9.32. The molecule has 7 nitrogen and oxygen atoms in total. The van der Waals surface area contributed by atoms with E-state index in [4.69, 9.17) is 0 Å². The van der Waals surface area contributed by atoms with Crippen molar-refractivity contribution in [3.8, 4) is 0 Å². The summed E-state index contributed by atoms with van der Waals surface area (Å²) in [6, 6.07) is 32.5. The molecule has 0 amide bonds. The molecule has 7 heteroatoms. The van der Waals surface area contributed by atoms with Crippen molar-refractivity contribution in [2.24, 2.45) is 30.7 Å². The summed E-state index contributed by atoms with van der Waals surface area (Å²) in [7, 11) is 0. The Hall–Kier alpha value is -5.04. The average Bonchev–Trinajstić information content (AvgIpc) is 3.07. The minimum absolute atomic E-state index is 0.777. The molecule has 0 unspecified atom stereocenters. The highest BCUT2D eigenvalue weighted by atomic mass is 15.1. The number of anilines is 1. The number of rotatable bonds is 12. The van der Waals surface area contributed by atoms with Crippen LogP contribution in [-0.4, -0.2) is 13.1 Å². The number of hydrogen-bond donors (Lipinski definition) is 0. The highest BCUT2D eigenvalue weighted by Gasteiger charge is 2.08. The number of benzene rings is 5. The van der Waals surface area contributed by atoms with Gasteiger partial charge in [0.15, 0.2) is 0 Å². The zero-order chi connectivity index (χ0) is 31.6. The molecule has 0 N–H and O–H groups in total. The normalized spacial score (nSPS) is 11.8. The first-order chi connectivity index (χ1) is 22.0. The Bertz CT molecular complexity index is 1820. The lowest BCUT2D eigenvalue weighted by molar-refractivity contribution is 0.795. The maximum atomic E-state index is 4.65. The molecule has 0 radical (unpaired) electrons. The third-order valence-corrected chi connectivity index (χ3v) is 7.94. The largest absolute Gasteiger partial charge is 0.372 e. The summed E-state index contributed by atoms with van der Waals surface area (Å²) in [6.07, 6.45) is 3.48. The first kappa shape index (κ1) is 31.4. The molecule has 228 valence electrons. The Kier molecular flexibility index (Phi) is 10.5. The van der Waals surface area contributed by atoms with Gasteiger partial charge >= 0.3 is 0 Å². The molecule has 0 fully saturated rings. The molecule has 0 aliphatic heterocycles. The van der Waals surface area contributed by atoms with E-state index in [1.54, 1.807) is 0 Å². The first-order valence-electron chi connectivity index (χ1n) is 15.8. The molecule has 0 heterocycles. The van der Waals surface area contributed by atoms with Crippen molar-refractivity contribution in [2.75, 3.05) is 18.0 Å². The van der Waals surface area contributed by atoms with E-state index in [-0.39, 0.29) is 0 Å². The molecule has 0 bridgehead atoms. The van der Waals surface area contributed by atoms with Crippen molar-refractivity contribution in [3.63, 3.8) is 0 Å². The van der Waals surface area contributed by atoms with Crippen LogP contribution in [0.1, 0.15) is 50.3 Å². The van der Waals surface area contributed by atoms with E-state index in [1.807, 2.05) is 86.6 Å². The topological polar surface area (TPSA) is 77.4 Å². The van der Waals surface area contributed by atoms with Crippen LogP contribution in [-0.2, 0) is 6.42 Å². The standard InChI is InChI=1S/C38H41N7/c1-6-9-12-29-15-17-30(18-16-29)39-41-35-23-24-36(34-14-11-10-13-33(34)35)42-44-38-26-27(4)37(25-28(38)5)43-40-31-19-21-32(22-20-31)45(7-2)8-3/h10-11,13-26H,6-9,12H2,1-5H3. The molecule has 5 aromatic carbocycles. The highest BCUT2D eigenvalue weighted by Crippen LogP contribution is 2.36. The minimum atomic E-state index is 0.777. The van der Waals surface area contributed by atoms with Crippen molar-refractivity contribution in [3.05, 3.63) is 114 Å². The van der Waals surface area contributed by atoms with Crippen molar-refractivity contribution in [1.29, 1.82) is 0 Å². The monoisotopic (exact) mass is 595 g/mol. The molecule has 5 rings (SSSR count). The second-order valence-electron chi connectivity index (χ2n) is 11.1. The van der Waals surface area contributed by atoms with Gasteiger partial charge in [0, 0.05) is 29.5 Å². The Labute approximate surface area is 266 Å². The molecule has 0 aromatic heterocycles. The third kappa shape index (κ3) is 7.92. The second kappa shape index (κ2) is 15.1. The fourth-order valence-corrected chi connectivity index (χ4v) is 5.20. The molecular formula is C38H41N7. The van der Waals surface area contributed by atoms with Crippen LogP contribution < -0.4 is 4.90 Å². The first-order valence-corrected chi connectivity index (χ1v) is 15.8. The zero-order valence-corrected chi connectivity index (χ0v) is 26.9. The van der Waals surface area contributed by atoms with E-state index >= 15 is 0 Å². The quantitative estimate of drug-likeness (QED) is 0.132. The predicted molar refractivity (Wildman–Crippen MR) is 187 cm³/mol. The maximum absolute atomic E-state index is 4.65. The Balaban J connectivity index is 1.33. The summed E-state index contributed by atoms with van der Waals surface area (Å²) in [5, 5.41) is 29.3. The van der Waals surface area contributed by atoms with Crippen molar-refractivity contribution in [1.82, 2.24) is 0 Å². The molecule has 0 atom stereocenters. The highest BCUT2D eigenvalue weighted by molar-refractivity contribution is 5.99. The zero-order valence-electron chi connectivity index (χ0n) is 26.9. The van der Waals surface area contributed by atoms with Gasteiger partial charge in [0.2, 0.25) is 0 Å². The van der Waals surface area contributed by atoms with Crippen molar-refractivity contribution in [2.45, 2.75) is 53.9 Å². The minimum Gasteiger partial charge on any atom is -0.372 e. The molecule has 0 saturated carbocycles. The SMILES string of the molecule is CCCCc1ccc(N=Nc2ccc(N=Nc3cc(C)c(N=Nc4ccc(N(CC)CC)cc4)cc3C)c3ccccc23)cc1. The summed E-state index contributed by atoms with van der Waals surface area (Å²) in [4.78, 5) is 2.30. The van der Waals surface area contributed by atoms with Gasteiger partial charge < -0.3 is 4.90 Å². The predicted octanol–water partition coefficient (Wildman–Crippen LogP) is 12.9. The van der Waals surface area contributed by atoms with E-state index < -0.39 is 0 Å². The molecule has 0 spiro atoms. The summed E-state index contributed by atoms with van der Waals surface area (Å²) >= 11 is 0. The Morgan fingerprint density at radius 1 is 0.511 bits per heavy atom. The maximum Gasteiger partial charge on any atom is 0.0936 e. The van der Waals surface area contributed by atoms with Crippen LogP contribution in [0.5, 0.6) is 0 Å². The summed E-state index contributed by atoms with van der Waals surface area (Å²) in [5.74, 6) is 0. The molecule has 0 saturated heterocycles. The van der Waals surface area contributed by atoms with Crippen LogP contribution in [0.25, 0.3) is 10.8 Å². The average molecular weight is 596 g/mol. The fraction of sp³-hybridized carbons (Fsp3) is 0.263. The number of azo groups is 3. The van der Waals surface area contributed by atoms with E-state index in [0.717, 1.165) is 75.5 Å². The lowest BCUT2D eigenvalue weighted by Gasteiger charge is -2.20. The van der Waals surface area contributed by atoms with Crippen LogP contribution >= 0.6 is 0 Å². The van der Waals surface area contributed by atoms with Crippen LogP contribution in [0, 0.1) is 13.8 Å². The van der Waals surface area contributed by atoms with Crippen LogP contribution in [0.3, 0.4) is 0 Å². The van der Waals surface area contributed by atoms with Gasteiger partial charge in [-0.15, -0.1) is 10.2 Å². The lowest BCUT2D eigenvalue weighted by atomic mass is 10.1. The van der Waals surface area contributed by atoms with Gasteiger partial charge in [-0.3, -0.25) is 0 Å². The van der Waals surface area contributed by atoms with Gasteiger partial charge in [-0.2, -0.15) is 20.5 Å². The number of hydrogen-bond acceptors (Lipinski definition) is 7. The molecule has 45 heavy (non-hydrogen) atoms. The van der Waals surface area contributed by atoms with Gasteiger partial charge in [-0.05, 0) is 118 Å². The summed E-state index contributed by atoms with van der Waals surface area (Å²) < 4.78 is 0. The fourth-order valence-electron chi connectivity index (χ4n) is 5.20. The van der Waals surface area contributed by atoms with Gasteiger partial charge in [0.05, 0.1) is 34.1 Å². The summed E-state index contributed by atoms with van der Waals surface area (Å²) in [6.45, 7) is 12.5. The van der Waals surface area contributed by atoms with Gasteiger partial charge in [0.25, 0.3) is 0 Å². The van der Waals surface area contributed by atoms with Crippen molar-refractivity contribution < 1.29 is 0 Å². The Morgan fingerprint density at radius 2 is 0.978 bits per heavy atom. The van der Waals surface area contributed by atoms with Crippen LogP contribution in [0.2, 0.25) is 0 Å². The van der Waals surface area contributed by atoms with E-state index in [0.29, 0.717) is 0 Å². The Morgan fingerprint density at radius 3 is 1.49 bits per heavy atom. The smallest absolute Gasteiger partial charge is 0.0936 e. The second-order valence-corrected chi connectivity index (χ2v) is 11.1. The van der Waals surface area contributed by atoms with Gasteiger partial charge in [-0.25, -0.2) is 0 Å². The van der Waals surface area contributed by atoms with Crippen LogP contribution in [0.15, 0.2) is 128 Å². The lowest BCUT2D eigenvalue weighted by Crippen LogP contribution is -2.21. The van der Waals surface area contributed by atoms with Crippen molar-refractivity contribution >= 4 is 50.6 Å². The van der Waals surface area contributed by atoms with Gasteiger partial charge in [0.1, 0.15) is 0 Å². The third-order valence-electron chi connectivity index (χ3n) is 7.94.